The van der Waals surface area contributed by atoms with Crippen LogP contribution in [-0.2, 0) is 0 Å². The molecule has 0 aromatic carbocycles. The van der Waals surface area contributed by atoms with Crippen molar-refractivity contribution in [1.29, 1.82) is 0 Å². The maximum absolute atomic E-state index is 8.75. The van der Waals surface area contributed by atoms with Crippen molar-refractivity contribution in [2.45, 2.75) is 23.5 Å². The third-order valence-corrected chi connectivity index (χ3v) is 5.99. The first-order valence-electron chi connectivity index (χ1n) is 3.45. The first-order chi connectivity index (χ1) is 4.47. The molecular weight excluding hydrogens is 260 g/mol. The fourth-order valence-corrected chi connectivity index (χ4v) is 3.28. The number of hydrogen-bond acceptors (Lipinski definition) is 1. The molecule has 0 aromatic rings. The summed E-state index contributed by atoms with van der Waals surface area (Å²) in [6.07, 6.45) is 0.866. The van der Waals surface area contributed by atoms with Crippen molar-refractivity contribution in [3.05, 3.63) is 0 Å². The van der Waals surface area contributed by atoms with E-state index in [1.165, 1.54) is 0 Å². The molecule has 0 aromatic heterocycles. The maximum atomic E-state index is 8.75. The maximum Gasteiger partial charge on any atom is 0.0894 e. The van der Waals surface area contributed by atoms with E-state index in [4.69, 9.17) is 5.11 Å². The minimum absolute atomic E-state index is 0.0791. The predicted octanol–water partition coefficient (Wildman–Crippen LogP) is 2.51. The second-order valence-corrected chi connectivity index (χ2v) is 6.80. The molecule has 1 aliphatic carbocycles. The van der Waals surface area contributed by atoms with E-state index in [9.17, 15) is 0 Å². The van der Waals surface area contributed by atoms with Crippen LogP contribution in [0.3, 0.4) is 0 Å². The molecule has 3 heteroatoms. The van der Waals surface area contributed by atoms with Gasteiger partial charge in [0.1, 0.15) is 0 Å². The molecule has 0 amide bonds. The summed E-state index contributed by atoms with van der Waals surface area (Å²) < 4.78 is 0.0791. The highest BCUT2D eigenvalue weighted by Crippen LogP contribution is 2.72. The third kappa shape index (κ3) is 0.978. The molecule has 1 N–H and O–H groups in total. The molecule has 1 nitrogen and oxygen atoms in total. The van der Waals surface area contributed by atoms with E-state index in [0.29, 0.717) is 5.92 Å². The number of rotatable bonds is 2. The van der Waals surface area contributed by atoms with E-state index in [2.05, 4.69) is 45.7 Å². The molecule has 10 heavy (non-hydrogen) atoms. The van der Waals surface area contributed by atoms with Crippen LogP contribution in [0.5, 0.6) is 0 Å². The van der Waals surface area contributed by atoms with Crippen LogP contribution in [-0.4, -0.2) is 14.9 Å². The second kappa shape index (κ2) is 2.46. The average molecular weight is 272 g/mol. The molecule has 0 heterocycles. The number of alkyl halides is 2. The normalized spacial score (nSPS) is 43.5. The predicted molar refractivity (Wildman–Crippen MR) is 49.6 cm³/mol. The lowest BCUT2D eigenvalue weighted by Gasteiger charge is -2.08. The summed E-state index contributed by atoms with van der Waals surface area (Å²) in [4.78, 5) is 0. The minimum Gasteiger partial charge on any atom is -0.396 e. The summed E-state index contributed by atoms with van der Waals surface area (Å²) in [5.41, 5.74) is 0.238. The van der Waals surface area contributed by atoms with Crippen LogP contribution in [0.2, 0.25) is 0 Å². The van der Waals surface area contributed by atoms with Crippen molar-refractivity contribution < 1.29 is 5.11 Å². The van der Waals surface area contributed by atoms with E-state index in [0.717, 1.165) is 6.42 Å². The summed E-state index contributed by atoms with van der Waals surface area (Å²) in [5.74, 6) is 0.604. The molecular formula is C7H12Br2O. The molecule has 60 valence electrons. The van der Waals surface area contributed by atoms with E-state index >= 15 is 0 Å². The Morgan fingerprint density at radius 2 is 1.90 bits per heavy atom. The van der Waals surface area contributed by atoms with Gasteiger partial charge in [-0.2, -0.15) is 0 Å². The Morgan fingerprint density at radius 1 is 1.50 bits per heavy atom. The van der Waals surface area contributed by atoms with Gasteiger partial charge >= 0.3 is 0 Å². The van der Waals surface area contributed by atoms with Gasteiger partial charge in [-0.15, -0.1) is 0 Å². The van der Waals surface area contributed by atoms with Crippen LogP contribution < -0.4 is 0 Å². The zero-order valence-electron chi connectivity index (χ0n) is 6.19. The Morgan fingerprint density at radius 3 is 2.00 bits per heavy atom. The van der Waals surface area contributed by atoms with Gasteiger partial charge in [0.05, 0.1) is 3.23 Å². The van der Waals surface area contributed by atoms with Crippen molar-refractivity contribution in [2.75, 3.05) is 6.61 Å². The number of halogens is 2. The lowest BCUT2D eigenvalue weighted by molar-refractivity contribution is 0.250. The van der Waals surface area contributed by atoms with Crippen LogP contribution >= 0.6 is 31.9 Å². The van der Waals surface area contributed by atoms with E-state index in [1.807, 2.05) is 0 Å². The van der Waals surface area contributed by atoms with Crippen LogP contribution in [0.4, 0.5) is 0 Å². The van der Waals surface area contributed by atoms with Crippen LogP contribution in [0.25, 0.3) is 0 Å². The van der Waals surface area contributed by atoms with Gasteiger partial charge in [0.2, 0.25) is 0 Å². The largest absolute Gasteiger partial charge is 0.396 e. The fourth-order valence-electron chi connectivity index (χ4n) is 1.42. The molecule has 1 fully saturated rings. The number of aliphatic hydroxyl groups excluding tert-OH is 1. The van der Waals surface area contributed by atoms with Gasteiger partial charge in [-0.25, -0.2) is 0 Å². The highest BCUT2D eigenvalue weighted by Gasteiger charge is 2.68. The molecule has 0 spiro atoms. The fraction of sp³-hybridized carbons (Fsp3) is 1.00. The van der Waals surface area contributed by atoms with Crippen LogP contribution in [0, 0.1) is 11.3 Å². The smallest absolute Gasteiger partial charge is 0.0894 e. The highest BCUT2D eigenvalue weighted by molar-refractivity contribution is 9.25. The summed E-state index contributed by atoms with van der Waals surface area (Å²) in [6, 6.07) is 0. The second-order valence-electron chi connectivity index (χ2n) is 3.24. The van der Waals surface area contributed by atoms with Crippen molar-refractivity contribution in [3.8, 4) is 0 Å². The highest BCUT2D eigenvalue weighted by atomic mass is 79.9. The lowest BCUT2D eigenvalue weighted by atomic mass is 10.0. The topological polar surface area (TPSA) is 20.2 Å². The van der Waals surface area contributed by atoms with Gasteiger partial charge in [-0.05, 0) is 17.8 Å². The Kier molecular flexibility index (Phi) is 2.21. The Labute approximate surface area is 78.5 Å². The number of aliphatic hydroxyl groups is 1. The van der Waals surface area contributed by atoms with Crippen molar-refractivity contribution in [2.24, 2.45) is 11.3 Å². The van der Waals surface area contributed by atoms with Gasteiger partial charge in [0.15, 0.2) is 0 Å². The zero-order valence-corrected chi connectivity index (χ0v) is 9.37. The Hall–Kier alpha value is 0.920. The summed E-state index contributed by atoms with van der Waals surface area (Å²) in [6.45, 7) is 4.64. The number of hydrogen-bond donors (Lipinski definition) is 1. The zero-order chi connectivity index (χ0) is 7.99. The van der Waals surface area contributed by atoms with Crippen molar-refractivity contribution in [1.82, 2.24) is 0 Å². The molecule has 2 unspecified atom stereocenters. The molecule has 1 rings (SSSR count). The van der Waals surface area contributed by atoms with Crippen LogP contribution in [0.1, 0.15) is 20.3 Å². The van der Waals surface area contributed by atoms with Gasteiger partial charge in [0, 0.05) is 6.61 Å². The molecule has 0 aliphatic heterocycles. The first kappa shape index (κ1) is 9.01. The van der Waals surface area contributed by atoms with Gasteiger partial charge in [-0.3, -0.25) is 0 Å². The van der Waals surface area contributed by atoms with E-state index in [-0.39, 0.29) is 15.3 Å². The molecule has 2 atom stereocenters. The van der Waals surface area contributed by atoms with E-state index < -0.39 is 0 Å². The summed E-state index contributed by atoms with van der Waals surface area (Å²) in [7, 11) is 0. The molecule has 1 aliphatic rings. The Bertz CT molecular complexity index is 147. The molecule has 1 saturated carbocycles. The summed E-state index contributed by atoms with van der Waals surface area (Å²) in [5, 5.41) is 8.75. The average Bonchev–Trinajstić information content (AvgIpc) is 2.17. The summed E-state index contributed by atoms with van der Waals surface area (Å²) >= 11 is 7.16. The molecule has 0 radical (unpaired) electrons. The van der Waals surface area contributed by atoms with Gasteiger partial charge in [0.25, 0.3) is 0 Å². The lowest BCUT2D eigenvalue weighted by Crippen LogP contribution is -2.05. The van der Waals surface area contributed by atoms with E-state index in [1.54, 1.807) is 0 Å². The van der Waals surface area contributed by atoms with Crippen molar-refractivity contribution in [3.63, 3.8) is 0 Å². The SMILES string of the molecule is CC1C(Br)(Br)C1(C)CCO. The Balaban J connectivity index is 2.59. The van der Waals surface area contributed by atoms with Crippen LogP contribution in [0.15, 0.2) is 0 Å². The molecule has 0 bridgehead atoms. The van der Waals surface area contributed by atoms with Gasteiger partial charge in [-0.1, -0.05) is 45.7 Å². The van der Waals surface area contributed by atoms with Gasteiger partial charge < -0.3 is 5.11 Å². The van der Waals surface area contributed by atoms with Crippen molar-refractivity contribution >= 4 is 31.9 Å². The quantitative estimate of drug-likeness (QED) is 0.766. The third-order valence-electron chi connectivity index (χ3n) is 2.81. The monoisotopic (exact) mass is 270 g/mol. The first-order valence-corrected chi connectivity index (χ1v) is 5.04. The standard InChI is InChI=1S/C7H12Br2O/c1-5-6(2,3-4-10)7(5,8)9/h5,10H,3-4H2,1-2H3. The minimum atomic E-state index is 0.0791. The molecule has 0 saturated heterocycles.